The molecule has 1 heterocycles. The van der Waals surface area contributed by atoms with Crippen molar-refractivity contribution >= 4 is 18.3 Å². The molecule has 1 aromatic heterocycles. The molecule has 0 saturated heterocycles. The van der Waals surface area contributed by atoms with Crippen LogP contribution in [0.3, 0.4) is 0 Å². The maximum Gasteiger partial charge on any atom is 0.433 e. The Morgan fingerprint density at radius 1 is 1.60 bits per heavy atom. The molecule has 0 radical (unpaired) electrons. The van der Waals surface area contributed by atoms with E-state index in [-0.39, 0.29) is 30.3 Å². The molecule has 0 aliphatic carbocycles. The summed E-state index contributed by atoms with van der Waals surface area (Å²) in [5.74, 6) is 0.477. The largest absolute Gasteiger partial charge is 0.433 e. The summed E-state index contributed by atoms with van der Waals surface area (Å²) in [6, 6.07) is 2.63. The molecular formula is C9H15ClN2O3. The number of nitro groups is 1. The third-order valence-electron chi connectivity index (χ3n) is 2.38. The fourth-order valence-corrected chi connectivity index (χ4v) is 1.15. The molecule has 0 bridgehead atoms. The van der Waals surface area contributed by atoms with Gasteiger partial charge in [-0.05, 0) is 12.0 Å². The number of hydrogen-bond donors (Lipinski definition) is 1. The SMILES string of the molecule is CCC(C)[C@H](N)c1ccc([N+](=O)[O-])o1.Cl. The van der Waals surface area contributed by atoms with Crippen LogP contribution in [0.1, 0.15) is 32.1 Å². The minimum absolute atomic E-state index is 0. The summed E-state index contributed by atoms with van der Waals surface area (Å²) in [6.07, 6.45) is 0.912. The summed E-state index contributed by atoms with van der Waals surface area (Å²) < 4.78 is 5.01. The monoisotopic (exact) mass is 234 g/mol. The van der Waals surface area contributed by atoms with Crippen molar-refractivity contribution in [2.24, 2.45) is 11.7 Å². The van der Waals surface area contributed by atoms with Crippen molar-refractivity contribution < 1.29 is 9.34 Å². The van der Waals surface area contributed by atoms with Gasteiger partial charge in [-0.1, -0.05) is 20.3 Å². The van der Waals surface area contributed by atoms with E-state index in [1.54, 1.807) is 6.07 Å². The Balaban J connectivity index is 0.00000196. The van der Waals surface area contributed by atoms with Crippen molar-refractivity contribution in [1.29, 1.82) is 0 Å². The topological polar surface area (TPSA) is 82.3 Å². The van der Waals surface area contributed by atoms with Crippen LogP contribution in [0, 0.1) is 16.0 Å². The molecule has 1 aromatic rings. The van der Waals surface area contributed by atoms with Gasteiger partial charge in [0, 0.05) is 0 Å². The normalized spacial score (nSPS) is 14.1. The molecule has 0 amide bonds. The van der Waals surface area contributed by atoms with E-state index in [0.717, 1.165) is 6.42 Å². The van der Waals surface area contributed by atoms with E-state index in [0.29, 0.717) is 5.76 Å². The molecule has 0 aliphatic heterocycles. The van der Waals surface area contributed by atoms with E-state index in [1.807, 2.05) is 13.8 Å². The van der Waals surface area contributed by atoms with E-state index in [1.165, 1.54) is 6.07 Å². The summed E-state index contributed by atoms with van der Waals surface area (Å²) in [4.78, 5) is 9.78. The Bertz CT molecular complexity index is 327. The maximum atomic E-state index is 10.3. The smallest absolute Gasteiger partial charge is 0.404 e. The van der Waals surface area contributed by atoms with Crippen LogP contribution in [0.15, 0.2) is 16.5 Å². The third-order valence-corrected chi connectivity index (χ3v) is 2.38. The molecule has 0 aromatic carbocycles. The predicted octanol–water partition coefficient (Wildman–Crippen LogP) is 2.66. The summed E-state index contributed by atoms with van der Waals surface area (Å²) in [7, 11) is 0. The lowest BCUT2D eigenvalue weighted by Gasteiger charge is -2.14. The summed E-state index contributed by atoms with van der Waals surface area (Å²) in [5, 5.41) is 10.3. The number of rotatable bonds is 4. The van der Waals surface area contributed by atoms with Gasteiger partial charge in [0.15, 0.2) is 0 Å². The Morgan fingerprint density at radius 3 is 2.60 bits per heavy atom. The van der Waals surface area contributed by atoms with Gasteiger partial charge in [-0.25, -0.2) is 0 Å². The number of nitrogens with zero attached hydrogens (tertiary/aromatic N) is 1. The predicted molar refractivity (Wildman–Crippen MR) is 59.0 cm³/mol. The van der Waals surface area contributed by atoms with Crippen molar-refractivity contribution in [3.05, 3.63) is 28.0 Å². The second-order valence-corrected chi connectivity index (χ2v) is 3.34. The minimum atomic E-state index is -0.563. The Kier molecular flexibility index (Phi) is 5.32. The zero-order chi connectivity index (χ0) is 10.7. The van der Waals surface area contributed by atoms with Crippen LogP contribution in [0.2, 0.25) is 0 Å². The van der Waals surface area contributed by atoms with Gasteiger partial charge in [0.25, 0.3) is 0 Å². The first kappa shape index (κ1) is 13.9. The average molecular weight is 235 g/mol. The van der Waals surface area contributed by atoms with Gasteiger partial charge in [-0.3, -0.25) is 10.1 Å². The molecule has 5 nitrogen and oxygen atoms in total. The van der Waals surface area contributed by atoms with Crippen LogP contribution in [0.4, 0.5) is 5.88 Å². The van der Waals surface area contributed by atoms with Crippen molar-refractivity contribution in [2.75, 3.05) is 0 Å². The maximum absolute atomic E-state index is 10.3. The van der Waals surface area contributed by atoms with Crippen LogP contribution in [-0.4, -0.2) is 4.92 Å². The lowest BCUT2D eigenvalue weighted by molar-refractivity contribution is -0.402. The fraction of sp³-hybridized carbons (Fsp3) is 0.556. The average Bonchev–Trinajstić information content (AvgIpc) is 2.64. The minimum Gasteiger partial charge on any atom is -0.404 e. The highest BCUT2D eigenvalue weighted by Crippen LogP contribution is 2.26. The summed E-state index contributed by atoms with van der Waals surface area (Å²) in [5.41, 5.74) is 5.85. The van der Waals surface area contributed by atoms with Crippen molar-refractivity contribution in [3.63, 3.8) is 0 Å². The van der Waals surface area contributed by atoms with E-state index in [2.05, 4.69) is 0 Å². The second-order valence-electron chi connectivity index (χ2n) is 3.34. The first-order chi connectivity index (χ1) is 6.56. The van der Waals surface area contributed by atoms with E-state index in [9.17, 15) is 10.1 Å². The van der Waals surface area contributed by atoms with Gasteiger partial charge >= 0.3 is 5.88 Å². The molecule has 1 unspecified atom stereocenters. The first-order valence-electron chi connectivity index (χ1n) is 4.56. The van der Waals surface area contributed by atoms with E-state index < -0.39 is 4.92 Å². The van der Waals surface area contributed by atoms with Gasteiger partial charge in [0.05, 0.1) is 12.1 Å². The zero-order valence-corrected chi connectivity index (χ0v) is 9.49. The molecule has 0 spiro atoms. The number of furan rings is 1. The Morgan fingerprint density at radius 2 is 2.20 bits per heavy atom. The molecule has 15 heavy (non-hydrogen) atoms. The molecule has 6 heteroatoms. The van der Waals surface area contributed by atoms with Gasteiger partial charge < -0.3 is 10.2 Å². The van der Waals surface area contributed by atoms with Crippen molar-refractivity contribution in [2.45, 2.75) is 26.3 Å². The molecular weight excluding hydrogens is 220 g/mol. The molecule has 1 rings (SSSR count). The lowest BCUT2D eigenvalue weighted by Crippen LogP contribution is -2.17. The molecule has 0 aliphatic rings. The van der Waals surface area contributed by atoms with Crippen molar-refractivity contribution in [3.8, 4) is 0 Å². The lowest BCUT2D eigenvalue weighted by atomic mass is 9.98. The van der Waals surface area contributed by atoms with Crippen LogP contribution >= 0.6 is 12.4 Å². The highest BCUT2D eigenvalue weighted by atomic mass is 35.5. The standard InChI is InChI=1S/C9H14N2O3.ClH/c1-3-6(2)9(10)7-4-5-8(14-7)11(12)13;/h4-6,9H,3,10H2,1-2H3;1H/t6?,9-;/m0./s1. The molecule has 2 N–H and O–H groups in total. The molecule has 2 atom stereocenters. The van der Waals surface area contributed by atoms with Crippen LogP contribution < -0.4 is 5.73 Å². The zero-order valence-electron chi connectivity index (χ0n) is 8.67. The Labute approximate surface area is 94.2 Å². The quantitative estimate of drug-likeness (QED) is 0.641. The number of hydrogen-bond acceptors (Lipinski definition) is 4. The van der Waals surface area contributed by atoms with Gasteiger partial charge in [0.2, 0.25) is 0 Å². The first-order valence-corrected chi connectivity index (χ1v) is 4.56. The van der Waals surface area contributed by atoms with E-state index >= 15 is 0 Å². The van der Waals surface area contributed by atoms with Crippen LogP contribution in [0.5, 0.6) is 0 Å². The van der Waals surface area contributed by atoms with Crippen LogP contribution in [0.25, 0.3) is 0 Å². The van der Waals surface area contributed by atoms with Crippen LogP contribution in [-0.2, 0) is 0 Å². The summed E-state index contributed by atoms with van der Waals surface area (Å²) >= 11 is 0. The summed E-state index contributed by atoms with van der Waals surface area (Å²) in [6.45, 7) is 4.00. The highest BCUT2D eigenvalue weighted by Gasteiger charge is 2.20. The molecule has 0 saturated carbocycles. The second kappa shape index (κ2) is 5.72. The van der Waals surface area contributed by atoms with E-state index in [4.69, 9.17) is 10.2 Å². The Hall–Kier alpha value is -1.07. The van der Waals surface area contributed by atoms with Gasteiger partial charge in [0.1, 0.15) is 10.7 Å². The van der Waals surface area contributed by atoms with Gasteiger partial charge in [-0.15, -0.1) is 12.4 Å². The highest BCUT2D eigenvalue weighted by molar-refractivity contribution is 5.85. The molecule has 86 valence electrons. The third kappa shape index (κ3) is 3.21. The number of halogens is 1. The fourth-order valence-electron chi connectivity index (χ4n) is 1.15. The molecule has 0 fully saturated rings. The number of nitrogens with two attached hydrogens (primary N) is 1. The van der Waals surface area contributed by atoms with Gasteiger partial charge in [-0.2, -0.15) is 0 Å². The van der Waals surface area contributed by atoms with Crippen molar-refractivity contribution in [1.82, 2.24) is 0 Å².